The lowest BCUT2D eigenvalue weighted by Crippen LogP contribution is -2.35. The third-order valence-corrected chi connectivity index (χ3v) is 4.57. The monoisotopic (exact) mass is 335 g/mol. The maximum Gasteiger partial charge on any atom is 0.274 e. The van der Waals surface area contributed by atoms with Crippen LogP contribution in [0.4, 0.5) is 0 Å². The molecule has 1 aromatic heterocycles. The number of aliphatic hydroxyl groups is 1. The quantitative estimate of drug-likeness (QED) is 0.754. The number of hydrogen-bond acceptors (Lipinski definition) is 6. The molecule has 7 nitrogen and oxygen atoms in total. The topological polar surface area (TPSA) is 72.8 Å². The third-order valence-electron chi connectivity index (χ3n) is 4.57. The van der Waals surface area contributed by atoms with E-state index in [1.807, 2.05) is 6.92 Å². The Balaban J connectivity index is 1.95. The summed E-state index contributed by atoms with van der Waals surface area (Å²) < 4.78 is 0. The second-order valence-electron chi connectivity index (χ2n) is 7.02. The summed E-state index contributed by atoms with van der Waals surface area (Å²) in [6.45, 7) is 6.03. The molecule has 1 fully saturated rings. The van der Waals surface area contributed by atoms with Gasteiger partial charge in [0.15, 0.2) is 0 Å². The van der Waals surface area contributed by atoms with E-state index in [9.17, 15) is 9.90 Å². The van der Waals surface area contributed by atoms with Crippen molar-refractivity contribution in [2.75, 3.05) is 60.5 Å². The second-order valence-corrected chi connectivity index (χ2v) is 7.02. The molecule has 1 N–H and O–H groups in total. The van der Waals surface area contributed by atoms with Crippen molar-refractivity contribution in [2.24, 2.45) is 11.8 Å². The fourth-order valence-electron chi connectivity index (χ4n) is 3.05. The molecule has 1 aromatic rings. The molecule has 7 heteroatoms. The van der Waals surface area contributed by atoms with Crippen molar-refractivity contribution >= 4 is 5.91 Å². The number of likely N-dealkylation sites (tertiary alicyclic amines) is 1. The van der Waals surface area contributed by atoms with E-state index in [2.05, 4.69) is 40.9 Å². The van der Waals surface area contributed by atoms with Gasteiger partial charge in [-0.05, 0) is 34.0 Å². The summed E-state index contributed by atoms with van der Waals surface area (Å²) in [6, 6.07) is 0. The molecule has 0 aliphatic carbocycles. The van der Waals surface area contributed by atoms with Crippen LogP contribution in [-0.2, 0) is 0 Å². The van der Waals surface area contributed by atoms with Gasteiger partial charge < -0.3 is 19.8 Å². The lowest BCUT2D eigenvalue weighted by atomic mass is 9.96. The predicted octanol–water partition coefficient (Wildman–Crippen LogP) is -0.0411. The highest BCUT2D eigenvalue weighted by molar-refractivity contribution is 5.92. The Morgan fingerprint density at radius 2 is 1.92 bits per heavy atom. The fourth-order valence-corrected chi connectivity index (χ4v) is 3.05. The molecule has 0 bridgehead atoms. The lowest BCUT2D eigenvalue weighted by molar-refractivity contribution is 0.0773. The Kier molecular flexibility index (Phi) is 6.65. The van der Waals surface area contributed by atoms with Crippen molar-refractivity contribution in [3.63, 3.8) is 0 Å². The van der Waals surface area contributed by atoms with Crippen LogP contribution in [0.2, 0.25) is 0 Å². The average molecular weight is 335 g/mol. The summed E-state index contributed by atoms with van der Waals surface area (Å²) in [5.74, 6) is 0.304. The molecule has 0 unspecified atom stereocenters. The number of aryl methyl sites for hydroxylation is 1. The van der Waals surface area contributed by atoms with Gasteiger partial charge in [-0.25, -0.2) is 4.98 Å². The highest BCUT2D eigenvalue weighted by Gasteiger charge is 2.36. The fraction of sp³-hybridized carbons (Fsp3) is 0.706. The molecule has 0 spiro atoms. The summed E-state index contributed by atoms with van der Waals surface area (Å²) in [6.07, 6.45) is 3.14. The number of rotatable bonds is 7. The van der Waals surface area contributed by atoms with Gasteiger partial charge in [0, 0.05) is 51.4 Å². The van der Waals surface area contributed by atoms with Gasteiger partial charge in [-0.15, -0.1) is 0 Å². The van der Waals surface area contributed by atoms with Crippen molar-refractivity contribution in [3.8, 4) is 0 Å². The molecule has 2 heterocycles. The Morgan fingerprint density at radius 1 is 1.21 bits per heavy atom. The van der Waals surface area contributed by atoms with E-state index in [1.54, 1.807) is 11.1 Å². The molecular formula is C17H29N5O2. The largest absolute Gasteiger partial charge is 0.396 e. The Bertz CT molecular complexity index is 534. The molecule has 134 valence electrons. The maximum absolute atomic E-state index is 12.6. The summed E-state index contributed by atoms with van der Waals surface area (Å²) in [4.78, 5) is 27.1. The van der Waals surface area contributed by atoms with E-state index in [-0.39, 0.29) is 24.3 Å². The summed E-state index contributed by atoms with van der Waals surface area (Å²) in [7, 11) is 6.21. The van der Waals surface area contributed by atoms with Crippen LogP contribution in [0.15, 0.2) is 12.4 Å². The van der Waals surface area contributed by atoms with Crippen LogP contribution in [0.3, 0.4) is 0 Å². The molecule has 1 aliphatic rings. The zero-order valence-corrected chi connectivity index (χ0v) is 15.1. The second kappa shape index (κ2) is 8.50. The molecule has 0 aromatic carbocycles. The van der Waals surface area contributed by atoms with Crippen molar-refractivity contribution in [1.29, 1.82) is 0 Å². The summed E-state index contributed by atoms with van der Waals surface area (Å²) in [5, 5.41) is 9.68. The lowest BCUT2D eigenvalue weighted by Gasteiger charge is -2.25. The number of amides is 1. The average Bonchev–Trinajstić information content (AvgIpc) is 2.96. The minimum absolute atomic E-state index is 0.0978. The van der Waals surface area contributed by atoms with Gasteiger partial charge in [0.25, 0.3) is 5.91 Å². The zero-order valence-electron chi connectivity index (χ0n) is 15.1. The van der Waals surface area contributed by atoms with Crippen LogP contribution in [0.5, 0.6) is 0 Å². The van der Waals surface area contributed by atoms with E-state index in [0.29, 0.717) is 18.8 Å². The number of likely N-dealkylation sites (N-methyl/N-ethyl adjacent to an activating group) is 2. The Hall–Kier alpha value is -1.57. The van der Waals surface area contributed by atoms with Crippen LogP contribution < -0.4 is 0 Å². The van der Waals surface area contributed by atoms with Gasteiger partial charge >= 0.3 is 0 Å². The van der Waals surface area contributed by atoms with Crippen molar-refractivity contribution < 1.29 is 9.90 Å². The third kappa shape index (κ3) is 4.96. The number of carbonyl (C=O) groups excluding carboxylic acids is 1. The van der Waals surface area contributed by atoms with Crippen molar-refractivity contribution in [1.82, 2.24) is 24.7 Å². The molecular weight excluding hydrogens is 306 g/mol. The van der Waals surface area contributed by atoms with E-state index in [4.69, 9.17) is 0 Å². The van der Waals surface area contributed by atoms with Crippen LogP contribution in [0.25, 0.3) is 0 Å². The SMILES string of the molecule is Cc1cnc(C(=O)N2C[C@@H](CN(C)CCN(C)C)[C@@H](CO)C2)cn1. The Morgan fingerprint density at radius 3 is 2.50 bits per heavy atom. The highest BCUT2D eigenvalue weighted by Crippen LogP contribution is 2.25. The van der Waals surface area contributed by atoms with Gasteiger partial charge in [-0.2, -0.15) is 0 Å². The van der Waals surface area contributed by atoms with E-state index < -0.39 is 0 Å². The highest BCUT2D eigenvalue weighted by atomic mass is 16.3. The van der Waals surface area contributed by atoms with Crippen LogP contribution in [0.1, 0.15) is 16.2 Å². The number of hydrogen-bond donors (Lipinski definition) is 1. The first-order valence-electron chi connectivity index (χ1n) is 8.42. The molecule has 1 saturated heterocycles. The maximum atomic E-state index is 12.6. The van der Waals surface area contributed by atoms with Crippen LogP contribution >= 0.6 is 0 Å². The molecule has 2 rings (SSSR count). The zero-order chi connectivity index (χ0) is 17.7. The number of aliphatic hydroxyl groups excluding tert-OH is 1. The standard InChI is InChI=1S/C17H29N5O2/c1-13-7-19-16(8-18-13)17(24)22-10-14(15(11-22)12-23)9-21(4)6-5-20(2)3/h7-8,14-15,23H,5-6,9-12H2,1-4H3/t14-,15-/m1/s1. The Labute approximate surface area is 144 Å². The molecule has 24 heavy (non-hydrogen) atoms. The van der Waals surface area contributed by atoms with Gasteiger partial charge in [-0.1, -0.05) is 0 Å². The number of aromatic nitrogens is 2. The molecule has 2 atom stereocenters. The van der Waals surface area contributed by atoms with Crippen LogP contribution in [-0.4, -0.2) is 96.2 Å². The molecule has 0 saturated carbocycles. The van der Waals surface area contributed by atoms with Gasteiger partial charge in [0.05, 0.1) is 11.9 Å². The first kappa shape index (κ1) is 18.8. The van der Waals surface area contributed by atoms with Gasteiger partial charge in [0.1, 0.15) is 5.69 Å². The predicted molar refractivity (Wildman–Crippen MR) is 92.8 cm³/mol. The smallest absolute Gasteiger partial charge is 0.274 e. The van der Waals surface area contributed by atoms with Crippen molar-refractivity contribution in [2.45, 2.75) is 6.92 Å². The van der Waals surface area contributed by atoms with Gasteiger partial charge in [0.2, 0.25) is 0 Å². The number of nitrogens with zero attached hydrogens (tertiary/aromatic N) is 5. The molecule has 1 aliphatic heterocycles. The van der Waals surface area contributed by atoms with Crippen LogP contribution in [0, 0.1) is 18.8 Å². The normalized spacial score (nSPS) is 21.0. The van der Waals surface area contributed by atoms with Gasteiger partial charge in [-0.3, -0.25) is 9.78 Å². The summed E-state index contributed by atoms with van der Waals surface area (Å²) in [5.41, 5.74) is 1.17. The van der Waals surface area contributed by atoms with Crippen molar-refractivity contribution in [3.05, 3.63) is 23.8 Å². The van der Waals surface area contributed by atoms with E-state index in [1.165, 1.54) is 6.20 Å². The first-order valence-corrected chi connectivity index (χ1v) is 8.42. The first-order chi connectivity index (χ1) is 11.4. The van der Waals surface area contributed by atoms with E-state index >= 15 is 0 Å². The minimum Gasteiger partial charge on any atom is -0.396 e. The number of carbonyl (C=O) groups is 1. The van der Waals surface area contributed by atoms with E-state index in [0.717, 1.165) is 25.3 Å². The molecule has 1 amide bonds. The summed E-state index contributed by atoms with van der Waals surface area (Å²) >= 11 is 0. The minimum atomic E-state index is -0.0978. The molecule has 0 radical (unpaired) electrons.